The van der Waals surface area contributed by atoms with Crippen LogP contribution in [0.3, 0.4) is 0 Å². The van der Waals surface area contributed by atoms with E-state index in [9.17, 15) is 23.5 Å². The summed E-state index contributed by atoms with van der Waals surface area (Å²) in [5.74, 6) is -2.25. The molecule has 2 heterocycles. The average molecular weight is 508 g/mol. The minimum atomic E-state index is -3.07. The number of ether oxygens (including phenoxy) is 1. The van der Waals surface area contributed by atoms with Crippen LogP contribution >= 0.6 is 0 Å². The van der Waals surface area contributed by atoms with Gasteiger partial charge >= 0.3 is 12.6 Å². The van der Waals surface area contributed by atoms with Crippen LogP contribution in [-0.2, 0) is 22.2 Å². The summed E-state index contributed by atoms with van der Waals surface area (Å²) in [7, 11) is 0. The third-order valence-electron chi connectivity index (χ3n) is 6.44. The third-order valence-corrected chi connectivity index (χ3v) is 6.44. The number of aromatic carboxylic acids is 1. The van der Waals surface area contributed by atoms with Crippen molar-refractivity contribution in [3.63, 3.8) is 0 Å². The Morgan fingerprint density at radius 3 is 2.35 bits per heavy atom. The van der Waals surface area contributed by atoms with Gasteiger partial charge in [0.1, 0.15) is 5.75 Å². The van der Waals surface area contributed by atoms with E-state index in [2.05, 4.69) is 30.5 Å². The van der Waals surface area contributed by atoms with Crippen LogP contribution in [0.15, 0.2) is 73.1 Å². The van der Waals surface area contributed by atoms with Crippen LogP contribution in [0, 0.1) is 0 Å². The molecule has 9 heteroatoms. The molecule has 0 bridgehead atoms. The molecule has 2 aromatic carbocycles. The Balaban J connectivity index is 2.00. The summed E-state index contributed by atoms with van der Waals surface area (Å²) in [5.41, 5.74) is 6.29. The fraction of sp³-hybridized carbons (Fsp3) is 0.250. The van der Waals surface area contributed by atoms with Crippen molar-refractivity contribution in [2.45, 2.75) is 44.8 Å². The molecule has 4 rings (SSSR count). The first-order chi connectivity index (χ1) is 17.4. The number of hydrogen-bond acceptors (Lipinski definition) is 4. The summed E-state index contributed by atoms with van der Waals surface area (Å²) in [6.07, 6.45) is 2.95. The lowest BCUT2D eigenvalue weighted by Gasteiger charge is -2.35. The maximum absolute atomic E-state index is 13.5. The smallest absolute Gasteiger partial charge is 0.387 e. The summed E-state index contributed by atoms with van der Waals surface area (Å²) in [4.78, 5) is 29.5. The van der Waals surface area contributed by atoms with E-state index in [-0.39, 0.29) is 34.4 Å². The number of carbonyl (C=O) groups is 2. The molecular weight excluding hydrogens is 480 g/mol. The highest BCUT2D eigenvalue weighted by atomic mass is 19.3. The second kappa shape index (κ2) is 9.65. The van der Waals surface area contributed by atoms with Crippen molar-refractivity contribution in [1.82, 2.24) is 9.55 Å². The summed E-state index contributed by atoms with van der Waals surface area (Å²) in [6, 6.07) is 16.7. The van der Waals surface area contributed by atoms with Crippen molar-refractivity contribution in [2.75, 3.05) is 0 Å². The number of aromatic nitrogens is 2. The number of primary amides is 1. The van der Waals surface area contributed by atoms with Crippen molar-refractivity contribution in [3.8, 4) is 5.75 Å². The second-order valence-electron chi connectivity index (χ2n) is 9.84. The van der Waals surface area contributed by atoms with Gasteiger partial charge in [0, 0.05) is 24.2 Å². The number of carboxylic acid groups (broad SMARTS) is 1. The molecule has 0 fully saturated rings. The van der Waals surface area contributed by atoms with Crippen molar-refractivity contribution in [1.29, 1.82) is 0 Å². The Morgan fingerprint density at radius 2 is 1.76 bits per heavy atom. The fourth-order valence-electron chi connectivity index (χ4n) is 4.58. The number of carbonyl (C=O) groups excluding carboxylic acids is 1. The van der Waals surface area contributed by atoms with E-state index in [1.807, 2.05) is 24.3 Å². The van der Waals surface area contributed by atoms with Gasteiger partial charge in [0.15, 0.2) is 11.2 Å². The van der Waals surface area contributed by atoms with Gasteiger partial charge in [-0.15, -0.1) is 0 Å². The first kappa shape index (κ1) is 25.8. The predicted octanol–water partition coefficient (Wildman–Crippen LogP) is 5.11. The normalized spacial score (nSPS) is 13.5. The monoisotopic (exact) mass is 507 g/mol. The molecule has 192 valence electrons. The Bertz CT molecular complexity index is 1460. The number of alkyl halides is 2. The van der Waals surface area contributed by atoms with E-state index in [1.165, 1.54) is 29.0 Å². The van der Waals surface area contributed by atoms with Crippen LogP contribution in [0.5, 0.6) is 5.75 Å². The molecule has 1 amide bonds. The topological polar surface area (TPSA) is 107 Å². The molecule has 1 unspecified atom stereocenters. The van der Waals surface area contributed by atoms with E-state index in [1.54, 1.807) is 24.4 Å². The average Bonchev–Trinajstić information content (AvgIpc) is 3.26. The number of benzene rings is 2. The molecule has 0 saturated carbocycles. The SMILES string of the molecule is CC(C)(C)c1ccc(CC(C(N)=O)(c2cccc(OC(F)F)c2)n2ccc3ccnc(C(=O)O)c32)cc1. The molecule has 3 N–H and O–H groups in total. The van der Waals surface area contributed by atoms with Crippen molar-refractivity contribution >= 4 is 22.8 Å². The molecule has 37 heavy (non-hydrogen) atoms. The number of rotatable bonds is 8. The number of nitrogens with zero attached hydrogens (tertiary/aromatic N) is 2. The van der Waals surface area contributed by atoms with Crippen molar-refractivity contribution < 1.29 is 28.2 Å². The molecule has 0 spiro atoms. The van der Waals surface area contributed by atoms with E-state index in [0.717, 1.165) is 11.1 Å². The summed E-state index contributed by atoms with van der Waals surface area (Å²) in [6.45, 7) is 3.17. The van der Waals surface area contributed by atoms with Gasteiger partial charge in [0.05, 0.1) is 5.52 Å². The van der Waals surface area contributed by atoms with Crippen LogP contribution in [0.2, 0.25) is 0 Å². The summed E-state index contributed by atoms with van der Waals surface area (Å²) >= 11 is 0. The molecule has 0 aliphatic carbocycles. The summed E-state index contributed by atoms with van der Waals surface area (Å²) in [5, 5.41) is 10.4. The lowest BCUT2D eigenvalue weighted by atomic mass is 9.81. The highest BCUT2D eigenvalue weighted by molar-refractivity contribution is 6.02. The quantitative estimate of drug-likeness (QED) is 0.345. The van der Waals surface area contributed by atoms with E-state index in [0.29, 0.717) is 5.39 Å². The Hall–Kier alpha value is -4.27. The van der Waals surface area contributed by atoms with Gasteiger partial charge in [-0.2, -0.15) is 8.78 Å². The van der Waals surface area contributed by atoms with Gasteiger partial charge in [0.2, 0.25) is 5.91 Å². The molecule has 2 aromatic heterocycles. The minimum Gasteiger partial charge on any atom is -0.476 e. The van der Waals surface area contributed by atoms with Gasteiger partial charge in [0.25, 0.3) is 0 Å². The highest BCUT2D eigenvalue weighted by Crippen LogP contribution is 2.37. The van der Waals surface area contributed by atoms with E-state index < -0.39 is 24.0 Å². The Kier molecular flexibility index (Phi) is 6.73. The van der Waals surface area contributed by atoms with Gasteiger partial charge in [-0.25, -0.2) is 9.78 Å². The zero-order valence-electron chi connectivity index (χ0n) is 20.6. The van der Waals surface area contributed by atoms with Gasteiger partial charge < -0.3 is 20.1 Å². The fourth-order valence-corrected chi connectivity index (χ4v) is 4.58. The molecule has 4 aromatic rings. The number of amides is 1. The number of halogens is 2. The van der Waals surface area contributed by atoms with E-state index in [4.69, 9.17) is 5.73 Å². The predicted molar refractivity (Wildman–Crippen MR) is 135 cm³/mol. The maximum Gasteiger partial charge on any atom is 0.387 e. The van der Waals surface area contributed by atoms with E-state index >= 15 is 0 Å². The molecule has 1 atom stereocenters. The third kappa shape index (κ3) is 4.89. The van der Waals surface area contributed by atoms with Crippen LogP contribution in [-0.4, -0.2) is 33.1 Å². The van der Waals surface area contributed by atoms with Crippen LogP contribution < -0.4 is 10.5 Å². The molecule has 0 radical (unpaired) electrons. The number of nitrogens with two attached hydrogens (primary N) is 1. The maximum atomic E-state index is 13.5. The molecule has 7 nitrogen and oxygen atoms in total. The highest BCUT2D eigenvalue weighted by Gasteiger charge is 2.42. The molecular formula is C28H27F2N3O4. The van der Waals surface area contributed by atoms with Crippen LogP contribution in [0.25, 0.3) is 10.9 Å². The lowest BCUT2D eigenvalue weighted by molar-refractivity contribution is -0.124. The summed E-state index contributed by atoms with van der Waals surface area (Å²) < 4.78 is 32.1. The number of hydrogen-bond donors (Lipinski definition) is 2. The zero-order chi connectivity index (χ0) is 27.0. The largest absolute Gasteiger partial charge is 0.476 e. The molecule has 0 aliphatic heterocycles. The van der Waals surface area contributed by atoms with Gasteiger partial charge in [-0.05, 0) is 46.4 Å². The van der Waals surface area contributed by atoms with Crippen LogP contribution in [0.4, 0.5) is 8.78 Å². The van der Waals surface area contributed by atoms with Crippen molar-refractivity contribution in [3.05, 3.63) is 95.4 Å². The second-order valence-corrected chi connectivity index (χ2v) is 9.84. The Labute approximate surface area is 212 Å². The van der Waals surface area contributed by atoms with Gasteiger partial charge in [-0.3, -0.25) is 4.79 Å². The van der Waals surface area contributed by atoms with Gasteiger partial charge in [-0.1, -0.05) is 57.2 Å². The zero-order valence-corrected chi connectivity index (χ0v) is 20.6. The number of pyridine rings is 1. The lowest BCUT2D eigenvalue weighted by Crippen LogP contribution is -2.49. The van der Waals surface area contributed by atoms with Crippen LogP contribution in [0.1, 0.15) is 48.0 Å². The number of fused-ring (bicyclic) bond motifs is 1. The standard InChI is InChI=1S/C28H27F2N3O4/c1-27(2,3)19-9-7-17(8-10-19)16-28(25(31)36,20-5-4-6-21(15-20)37-26(29)30)33-14-12-18-11-13-32-22(23(18)33)24(34)35/h4-15,26H,16H2,1-3H3,(H2,31,36)(H,34,35). The first-order valence-corrected chi connectivity index (χ1v) is 11.6. The minimum absolute atomic E-state index is 0.0165. The molecule has 0 aliphatic rings. The number of carboxylic acids is 1. The Morgan fingerprint density at radius 1 is 1.05 bits per heavy atom. The first-order valence-electron chi connectivity index (χ1n) is 11.6. The molecule has 0 saturated heterocycles. The van der Waals surface area contributed by atoms with Crippen molar-refractivity contribution in [2.24, 2.45) is 5.73 Å².